The molecule has 11 rings (SSSR count). The van der Waals surface area contributed by atoms with Gasteiger partial charge in [-0.3, -0.25) is 0 Å². The summed E-state index contributed by atoms with van der Waals surface area (Å²) < 4.78 is 6.52. The highest BCUT2D eigenvalue weighted by Gasteiger charge is 2.30. The van der Waals surface area contributed by atoms with Crippen molar-refractivity contribution in [1.29, 1.82) is 0 Å². The fourth-order valence-corrected chi connectivity index (χ4v) is 10.1. The first-order valence-corrected chi connectivity index (χ1v) is 20.6. The molecule has 0 radical (unpaired) electrons. The molecule has 280 valence electrons. The van der Waals surface area contributed by atoms with E-state index in [9.17, 15) is 0 Å². The number of rotatable bonds is 7. The third kappa shape index (κ3) is 5.64. The van der Waals surface area contributed by atoms with Crippen molar-refractivity contribution < 1.29 is 4.42 Å². The summed E-state index contributed by atoms with van der Waals surface area (Å²) in [5, 5.41) is 9.83. The number of fused-ring (bicyclic) bond motifs is 3. The molecule has 2 nitrogen and oxygen atoms in total. The van der Waals surface area contributed by atoms with Crippen LogP contribution < -0.4 is 21.3 Å². The Hall–Kier alpha value is -7.10. The van der Waals surface area contributed by atoms with Crippen molar-refractivity contribution in [3.8, 4) is 11.1 Å². The Balaban J connectivity index is 1.20. The van der Waals surface area contributed by atoms with Crippen LogP contribution >= 0.6 is 0 Å². The largest absolute Gasteiger partial charge is 0.456 e. The van der Waals surface area contributed by atoms with E-state index in [1.807, 2.05) is 6.07 Å². The number of anilines is 3. The Morgan fingerprint density at radius 3 is 1.86 bits per heavy atom. The van der Waals surface area contributed by atoms with Crippen molar-refractivity contribution in [2.75, 3.05) is 4.90 Å². The molecule has 0 N–H and O–H groups in total. The number of para-hydroxylation sites is 2. The molecule has 1 aromatic heterocycles. The van der Waals surface area contributed by atoms with Crippen LogP contribution in [0.1, 0.15) is 22.3 Å². The minimum Gasteiger partial charge on any atom is -0.456 e. The summed E-state index contributed by atoms with van der Waals surface area (Å²) in [6, 6.07) is 66.9. The van der Waals surface area contributed by atoms with Crippen LogP contribution in [0.25, 0.3) is 65.4 Å². The van der Waals surface area contributed by atoms with Crippen molar-refractivity contribution in [1.82, 2.24) is 0 Å². The monoisotopic (exact) mass is 755 g/mol. The lowest BCUT2D eigenvalue weighted by Crippen LogP contribution is -2.55. The van der Waals surface area contributed by atoms with E-state index < -0.39 is 0 Å². The lowest BCUT2D eigenvalue weighted by molar-refractivity contribution is 0.669. The summed E-state index contributed by atoms with van der Waals surface area (Å²) in [5.74, 6) is 0. The fraction of sp³-hybridized carbons (Fsp3) is 0.0714. The third-order valence-corrected chi connectivity index (χ3v) is 12.6. The molecule has 0 saturated heterocycles. The molecule has 0 aliphatic rings. The zero-order chi connectivity index (χ0) is 39.8. The standard InChI is InChI=1S/C56H42BNO/c1-35-32-37(3)56(38(4)33-35)57(48-19-11-8-14-36(48)2)49-30-24-40-23-28-47-51(31-25-41-22-27-46(49)54(40)55(41)47)58(50-20-12-9-17-43(50)39-15-6-5-7-16-39)42-26-29-45-44-18-10-13-21-52(44)59-53(45)34-42/h5-34H,1-4H3. The SMILES string of the molecule is Cc1cc(C)c(B(c2ccccc2C)c2ccc3ccc4c(N(c5ccc6c(c5)oc5ccccc56)c5ccccc5-c5ccccc5)ccc5ccc2c3c54)c(C)c1. The van der Waals surface area contributed by atoms with Gasteiger partial charge in [-0.25, -0.2) is 0 Å². The Labute approximate surface area is 345 Å². The first kappa shape index (κ1) is 35.1. The maximum Gasteiger partial charge on any atom is 0.243 e. The predicted octanol–water partition coefficient (Wildman–Crippen LogP) is 13.4. The number of hydrogen-bond acceptors (Lipinski definition) is 2. The zero-order valence-electron chi connectivity index (χ0n) is 33.8. The van der Waals surface area contributed by atoms with Gasteiger partial charge in [0.15, 0.2) is 0 Å². The summed E-state index contributed by atoms with van der Waals surface area (Å²) in [6.07, 6.45) is 0. The van der Waals surface area contributed by atoms with E-state index in [1.54, 1.807) is 0 Å². The maximum atomic E-state index is 6.52. The summed E-state index contributed by atoms with van der Waals surface area (Å²) in [5.41, 5.74) is 16.7. The lowest BCUT2D eigenvalue weighted by Gasteiger charge is -2.30. The Kier molecular flexibility index (Phi) is 8.20. The smallest absolute Gasteiger partial charge is 0.243 e. The van der Waals surface area contributed by atoms with Gasteiger partial charge in [0.1, 0.15) is 11.2 Å². The Morgan fingerprint density at radius 2 is 1.05 bits per heavy atom. The average molecular weight is 756 g/mol. The van der Waals surface area contributed by atoms with Crippen LogP contribution in [-0.4, -0.2) is 6.71 Å². The highest BCUT2D eigenvalue weighted by molar-refractivity contribution is 6.97. The summed E-state index contributed by atoms with van der Waals surface area (Å²) >= 11 is 0. The van der Waals surface area contributed by atoms with Crippen LogP contribution in [0.2, 0.25) is 0 Å². The van der Waals surface area contributed by atoms with Crippen molar-refractivity contribution in [3.63, 3.8) is 0 Å². The van der Waals surface area contributed by atoms with Gasteiger partial charge in [0, 0.05) is 33.5 Å². The second-order valence-corrected chi connectivity index (χ2v) is 16.3. The quantitative estimate of drug-likeness (QED) is 0.119. The van der Waals surface area contributed by atoms with E-state index in [1.165, 1.54) is 76.5 Å². The second-order valence-electron chi connectivity index (χ2n) is 16.3. The summed E-state index contributed by atoms with van der Waals surface area (Å²) in [4.78, 5) is 2.44. The normalized spacial score (nSPS) is 11.7. The third-order valence-electron chi connectivity index (χ3n) is 12.6. The topological polar surface area (TPSA) is 16.4 Å². The number of hydrogen-bond donors (Lipinski definition) is 0. The van der Waals surface area contributed by atoms with Gasteiger partial charge < -0.3 is 9.32 Å². The molecule has 0 fully saturated rings. The van der Waals surface area contributed by atoms with Crippen LogP contribution in [0.5, 0.6) is 0 Å². The number of aryl methyl sites for hydroxylation is 4. The highest BCUT2D eigenvalue weighted by atomic mass is 16.3. The van der Waals surface area contributed by atoms with E-state index in [4.69, 9.17) is 4.42 Å². The molecule has 0 atom stereocenters. The van der Waals surface area contributed by atoms with Crippen LogP contribution in [0.15, 0.2) is 186 Å². The first-order chi connectivity index (χ1) is 28.9. The molecule has 0 bridgehead atoms. The van der Waals surface area contributed by atoms with Gasteiger partial charge in [-0.15, -0.1) is 0 Å². The second kappa shape index (κ2) is 13.8. The van der Waals surface area contributed by atoms with E-state index in [0.29, 0.717) is 0 Å². The molecule has 0 spiro atoms. The number of nitrogens with zero attached hydrogens (tertiary/aromatic N) is 1. The first-order valence-electron chi connectivity index (χ1n) is 20.6. The van der Waals surface area contributed by atoms with E-state index in [0.717, 1.165) is 44.6 Å². The van der Waals surface area contributed by atoms with Crippen LogP contribution in [-0.2, 0) is 0 Å². The van der Waals surface area contributed by atoms with Gasteiger partial charge in [-0.05, 0) is 90.5 Å². The molecule has 59 heavy (non-hydrogen) atoms. The molecule has 0 unspecified atom stereocenters. The van der Waals surface area contributed by atoms with Crippen molar-refractivity contribution in [3.05, 3.63) is 204 Å². The molecule has 0 aliphatic heterocycles. The van der Waals surface area contributed by atoms with E-state index >= 15 is 0 Å². The van der Waals surface area contributed by atoms with Crippen LogP contribution in [0.3, 0.4) is 0 Å². The Morgan fingerprint density at radius 1 is 0.424 bits per heavy atom. The van der Waals surface area contributed by atoms with E-state index in [2.05, 4.69) is 209 Å². The van der Waals surface area contributed by atoms with Crippen LogP contribution in [0.4, 0.5) is 17.1 Å². The van der Waals surface area contributed by atoms with E-state index in [-0.39, 0.29) is 6.71 Å². The van der Waals surface area contributed by atoms with Gasteiger partial charge in [-0.2, -0.15) is 0 Å². The maximum absolute atomic E-state index is 6.52. The molecule has 0 amide bonds. The minimum atomic E-state index is 0.0747. The number of benzene rings is 10. The van der Waals surface area contributed by atoms with Crippen LogP contribution in [0, 0.1) is 27.7 Å². The molecule has 1 heterocycles. The minimum absolute atomic E-state index is 0.0747. The van der Waals surface area contributed by atoms with Crippen molar-refractivity contribution in [2.45, 2.75) is 27.7 Å². The molecular formula is C56H42BNO. The van der Waals surface area contributed by atoms with Crippen molar-refractivity contribution >= 4 is 94.4 Å². The number of furan rings is 1. The Bertz CT molecular complexity index is 3370. The molecule has 3 heteroatoms. The summed E-state index contributed by atoms with van der Waals surface area (Å²) in [7, 11) is 0. The van der Waals surface area contributed by atoms with Gasteiger partial charge >= 0.3 is 0 Å². The highest BCUT2D eigenvalue weighted by Crippen LogP contribution is 2.47. The molecule has 11 aromatic rings. The molecule has 10 aromatic carbocycles. The van der Waals surface area contributed by atoms with Gasteiger partial charge in [0.25, 0.3) is 0 Å². The zero-order valence-corrected chi connectivity index (χ0v) is 33.8. The van der Waals surface area contributed by atoms with Crippen molar-refractivity contribution in [2.24, 2.45) is 0 Å². The van der Waals surface area contributed by atoms with Gasteiger partial charge in [-0.1, -0.05) is 184 Å². The molecular weight excluding hydrogens is 713 g/mol. The average Bonchev–Trinajstić information content (AvgIpc) is 3.63. The van der Waals surface area contributed by atoms with Gasteiger partial charge in [0.2, 0.25) is 6.71 Å². The summed E-state index contributed by atoms with van der Waals surface area (Å²) in [6.45, 7) is 9.11. The molecule has 0 saturated carbocycles. The molecule has 0 aliphatic carbocycles. The predicted molar refractivity (Wildman–Crippen MR) is 254 cm³/mol. The van der Waals surface area contributed by atoms with Gasteiger partial charge in [0.05, 0.1) is 11.4 Å². The lowest BCUT2D eigenvalue weighted by atomic mass is 9.34. The fourth-order valence-electron chi connectivity index (χ4n) is 10.1.